The van der Waals surface area contributed by atoms with Gasteiger partial charge in [0.05, 0.1) is 24.7 Å². The molecule has 1 aromatic carbocycles. The molecule has 1 fully saturated rings. The van der Waals surface area contributed by atoms with Crippen molar-refractivity contribution in [2.24, 2.45) is 0 Å². The van der Waals surface area contributed by atoms with E-state index in [0.29, 0.717) is 31.3 Å². The molecular weight excluding hydrogens is 270 g/mol. The van der Waals surface area contributed by atoms with Crippen LogP contribution in [0.4, 0.5) is 0 Å². The molecule has 2 aromatic rings. The van der Waals surface area contributed by atoms with E-state index in [1.54, 1.807) is 0 Å². The first-order valence-electron chi connectivity index (χ1n) is 7.28. The molecule has 0 aliphatic carbocycles. The number of nitrogens with one attached hydrogen (secondary N) is 1. The lowest BCUT2D eigenvalue weighted by Gasteiger charge is -2.23. The van der Waals surface area contributed by atoms with Crippen LogP contribution in [0.2, 0.25) is 0 Å². The van der Waals surface area contributed by atoms with E-state index in [2.05, 4.69) is 15.5 Å². The lowest BCUT2D eigenvalue weighted by atomic mass is 9.92. The molecule has 0 radical (unpaired) electrons. The Morgan fingerprint density at radius 3 is 3.05 bits per heavy atom. The zero-order valence-corrected chi connectivity index (χ0v) is 11.5. The van der Waals surface area contributed by atoms with Gasteiger partial charge < -0.3 is 19.7 Å². The highest BCUT2D eigenvalue weighted by Crippen LogP contribution is 2.37. The zero-order chi connectivity index (χ0) is 14.2. The van der Waals surface area contributed by atoms with E-state index < -0.39 is 0 Å². The summed E-state index contributed by atoms with van der Waals surface area (Å²) in [5, 5.41) is 16.9. The summed E-state index contributed by atoms with van der Waals surface area (Å²) in [6, 6.07) is 7.93. The van der Waals surface area contributed by atoms with Gasteiger partial charge in [-0.1, -0.05) is 23.4 Å². The number of hydrogen-bond acceptors (Lipinski definition) is 6. The van der Waals surface area contributed by atoms with Crippen molar-refractivity contribution in [2.75, 3.05) is 13.2 Å². The van der Waals surface area contributed by atoms with Crippen LogP contribution in [0, 0.1) is 0 Å². The van der Waals surface area contributed by atoms with Gasteiger partial charge in [-0.3, -0.25) is 0 Å². The van der Waals surface area contributed by atoms with Crippen molar-refractivity contribution in [1.29, 1.82) is 0 Å². The fourth-order valence-electron chi connectivity index (χ4n) is 3.05. The number of hydrogen-bond donors (Lipinski definition) is 2. The average molecular weight is 287 g/mol. The fraction of sp³-hybridized carbons (Fsp3) is 0.467. The Balaban J connectivity index is 1.62. The van der Waals surface area contributed by atoms with Gasteiger partial charge in [0, 0.05) is 12.1 Å². The van der Waals surface area contributed by atoms with Crippen molar-refractivity contribution >= 4 is 0 Å². The Labute approximate surface area is 122 Å². The van der Waals surface area contributed by atoms with Gasteiger partial charge in [0.1, 0.15) is 5.75 Å². The predicted octanol–water partition coefficient (Wildman–Crippen LogP) is 1.38. The third kappa shape index (κ3) is 2.30. The Morgan fingerprint density at radius 1 is 1.29 bits per heavy atom. The summed E-state index contributed by atoms with van der Waals surface area (Å²) in [6.07, 6.45) is 1.12. The van der Waals surface area contributed by atoms with E-state index in [4.69, 9.17) is 9.26 Å². The lowest BCUT2D eigenvalue weighted by Crippen LogP contribution is -2.17. The third-order valence-corrected chi connectivity index (χ3v) is 4.13. The van der Waals surface area contributed by atoms with Crippen LogP contribution in [-0.4, -0.2) is 34.5 Å². The monoisotopic (exact) mass is 287 g/mol. The van der Waals surface area contributed by atoms with Crippen molar-refractivity contribution < 1.29 is 14.4 Å². The molecule has 4 rings (SSSR count). The molecule has 6 nitrogen and oxygen atoms in total. The van der Waals surface area contributed by atoms with Crippen molar-refractivity contribution in [3.8, 4) is 5.75 Å². The third-order valence-electron chi connectivity index (χ3n) is 4.13. The van der Waals surface area contributed by atoms with Gasteiger partial charge in [-0.15, -0.1) is 0 Å². The van der Waals surface area contributed by atoms with Crippen molar-refractivity contribution in [3.05, 3.63) is 41.5 Å². The Hall–Kier alpha value is -1.92. The minimum atomic E-state index is -0.339. The van der Waals surface area contributed by atoms with Crippen LogP contribution >= 0.6 is 0 Å². The molecule has 21 heavy (non-hydrogen) atoms. The lowest BCUT2D eigenvalue weighted by molar-refractivity contribution is 0.191. The summed E-state index contributed by atoms with van der Waals surface area (Å²) in [4.78, 5) is 4.54. The molecule has 6 heteroatoms. The topological polar surface area (TPSA) is 80.4 Å². The Bertz CT molecular complexity index is 643. The summed E-state index contributed by atoms with van der Waals surface area (Å²) in [7, 11) is 0. The number of fused-ring (bicyclic) bond motifs is 1. The molecule has 2 aliphatic rings. The summed E-state index contributed by atoms with van der Waals surface area (Å²) >= 11 is 0. The summed E-state index contributed by atoms with van der Waals surface area (Å²) in [5.41, 5.74) is 1.11. The Morgan fingerprint density at radius 2 is 2.19 bits per heavy atom. The predicted molar refractivity (Wildman–Crippen MR) is 74.1 cm³/mol. The minimum Gasteiger partial charge on any atom is -0.493 e. The summed E-state index contributed by atoms with van der Waals surface area (Å²) < 4.78 is 11.1. The second-order valence-electron chi connectivity index (χ2n) is 5.57. The number of nitrogens with zero attached hydrogens (tertiary/aromatic N) is 2. The van der Waals surface area contributed by atoms with Crippen LogP contribution < -0.4 is 10.1 Å². The van der Waals surface area contributed by atoms with Crippen LogP contribution in [0.15, 0.2) is 28.8 Å². The average Bonchev–Trinajstić information content (AvgIpc) is 3.15. The van der Waals surface area contributed by atoms with Gasteiger partial charge in [0.15, 0.2) is 5.82 Å². The molecule has 110 valence electrons. The number of para-hydroxylation sites is 1. The first-order valence-corrected chi connectivity index (χ1v) is 7.28. The first kappa shape index (κ1) is 12.8. The zero-order valence-electron chi connectivity index (χ0n) is 11.5. The number of ether oxygens (including phenoxy) is 1. The van der Waals surface area contributed by atoms with Gasteiger partial charge >= 0.3 is 0 Å². The fourth-order valence-corrected chi connectivity index (χ4v) is 3.05. The van der Waals surface area contributed by atoms with E-state index in [-0.39, 0.29) is 18.1 Å². The van der Waals surface area contributed by atoms with E-state index in [0.717, 1.165) is 17.7 Å². The molecule has 1 aromatic heterocycles. The Kier molecular flexibility index (Phi) is 3.12. The maximum Gasteiger partial charge on any atom is 0.243 e. The van der Waals surface area contributed by atoms with Crippen molar-refractivity contribution in [3.63, 3.8) is 0 Å². The summed E-state index contributed by atoms with van der Waals surface area (Å²) in [5.74, 6) is 2.27. The highest BCUT2D eigenvalue weighted by Gasteiger charge is 2.31. The number of aromatic nitrogens is 2. The van der Waals surface area contributed by atoms with Gasteiger partial charge in [-0.05, 0) is 18.9 Å². The standard InChI is InChI=1S/C15H17N3O3/c19-9-7-12(16-8-9)15-17-14(18-21-15)11-5-6-20-13-4-2-1-3-10(11)13/h1-4,9,11-12,16,19H,5-8H2/t9-,11?,12-/m1/s1. The largest absolute Gasteiger partial charge is 0.493 e. The van der Waals surface area contributed by atoms with Gasteiger partial charge in [0.2, 0.25) is 5.89 Å². The highest BCUT2D eigenvalue weighted by molar-refractivity contribution is 5.40. The molecule has 3 heterocycles. The van der Waals surface area contributed by atoms with Gasteiger partial charge in [-0.25, -0.2) is 0 Å². The molecule has 1 unspecified atom stereocenters. The maximum atomic E-state index is 9.58. The van der Waals surface area contributed by atoms with Crippen LogP contribution in [0.25, 0.3) is 0 Å². The number of rotatable bonds is 2. The molecule has 0 spiro atoms. The number of β-amino-alcohol motifs (C(OH)–C–C–N with tert-alkyl or cyclic N) is 1. The maximum absolute atomic E-state index is 9.58. The van der Waals surface area contributed by atoms with Crippen LogP contribution in [0.5, 0.6) is 5.75 Å². The number of aliphatic hydroxyl groups excluding tert-OH is 1. The normalized spacial score (nSPS) is 28.1. The van der Waals surface area contributed by atoms with E-state index in [9.17, 15) is 5.11 Å². The molecule has 2 aliphatic heterocycles. The molecule has 0 saturated carbocycles. The van der Waals surface area contributed by atoms with Crippen LogP contribution in [0.1, 0.15) is 42.1 Å². The van der Waals surface area contributed by atoms with Crippen molar-refractivity contribution in [2.45, 2.75) is 30.9 Å². The number of aliphatic hydroxyl groups is 1. The number of benzene rings is 1. The minimum absolute atomic E-state index is 0.0451. The highest BCUT2D eigenvalue weighted by atomic mass is 16.5. The SMILES string of the molecule is O[C@H]1CN[C@@H](c2nc(C3CCOc4ccccc43)no2)C1. The first-order chi connectivity index (χ1) is 10.3. The molecule has 1 saturated heterocycles. The molecule has 0 amide bonds. The molecule has 0 bridgehead atoms. The second kappa shape index (κ2) is 5.13. The van der Waals surface area contributed by atoms with E-state index in [1.165, 1.54) is 0 Å². The molecule has 3 atom stereocenters. The van der Waals surface area contributed by atoms with Crippen LogP contribution in [0.3, 0.4) is 0 Å². The second-order valence-corrected chi connectivity index (χ2v) is 5.57. The van der Waals surface area contributed by atoms with E-state index >= 15 is 0 Å². The smallest absolute Gasteiger partial charge is 0.243 e. The summed E-state index contributed by atoms with van der Waals surface area (Å²) in [6.45, 7) is 1.23. The van der Waals surface area contributed by atoms with Gasteiger partial charge in [-0.2, -0.15) is 4.98 Å². The quantitative estimate of drug-likeness (QED) is 0.868. The van der Waals surface area contributed by atoms with Gasteiger partial charge in [0.25, 0.3) is 0 Å². The molecule has 2 N–H and O–H groups in total. The van der Waals surface area contributed by atoms with Crippen molar-refractivity contribution in [1.82, 2.24) is 15.5 Å². The van der Waals surface area contributed by atoms with E-state index in [1.807, 2.05) is 24.3 Å². The van der Waals surface area contributed by atoms with Crippen LogP contribution in [-0.2, 0) is 0 Å². The molecular formula is C15H17N3O3.